The zero-order chi connectivity index (χ0) is 10.8. The summed E-state index contributed by atoms with van der Waals surface area (Å²) in [4.78, 5) is 8.19. The number of hydrogen-bond acceptors (Lipinski definition) is 3. The van der Waals surface area contributed by atoms with Crippen molar-refractivity contribution in [2.45, 2.75) is 33.2 Å². The Labute approximate surface area is 98.7 Å². The minimum absolute atomic E-state index is 0.119. The van der Waals surface area contributed by atoms with Crippen LogP contribution in [0.15, 0.2) is 12.5 Å². The van der Waals surface area contributed by atoms with Crippen LogP contribution in [0.5, 0.6) is 0 Å². The van der Waals surface area contributed by atoms with Crippen LogP contribution in [0.3, 0.4) is 0 Å². The fraction of sp³-hybridized carbons (Fsp3) is 0.600. The second kappa shape index (κ2) is 4.53. The molecule has 0 saturated carbocycles. The van der Waals surface area contributed by atoms with E-state index in [0.29, 0.717) is 0 Å². The van der Waals surface area contributed by atoms with Crippen LogP contribution in [0.2, 0.25) is 0 Å². The summed E-state index contributed by atoms with van der Waals surface area (Å²) in [5, 5.41) is 0. The Kier molecular flexibility index (Phi) is 3.83. The molecule has 0 aliphatic carbocycles. The van der Waals surface area contributed by atoms with Crippen molar-refractivity contribution in [3.63, 3.8) is 0 Å². The Morgan fingerprint density at radius 3 is 2.64 bits per heavy atom. The maximum atomic E-state index is 6.09. The lowest BCUT2D eigenvalue weighted by Crippen LogP contribution is -2.37. The molecular formula is C10H16IN3. The average Bonchev–Trinajstić information content (AvgIpc) is 2.07. The molecule has 0 bridgehead atoms. The molecular weight excluding hydrogens is 289 g/mol. The van der Waals surface area contributed by atoms with E-state index >= 15 is 0 Å². The van der Waals surface area contributed by atoms with Crippen LogP contribution in [-0.2, 0) is 6.42 Å². The van der Waals surface area contributed by atoms with Gasteiger partial charge in [-0.1, -0.05) is 20.8 Å². The summed E-state index contributed by atoms with van der Waals surface area (Å²) < 4.78 is 1.09. The maximum Gasteiger partial charge on any atom is 0.115 e. The third-order valence-electron chi connectivity index (χ3n) is 2.27. The van der Waals surface area contributed by atoms with Crippen molar-refractivity contribution in [2.24, 2.45) is 11.1 Å². The first kappa shape index (κ1) is 11.8. The van der Waals surface area contributed by atoms with E-state index in [1.54, 1.807) is 6.33 Å². The first-order valence-electron chi connectivity index (χ1n) is 4.61. The monoisotopic (exact) mass is 305 g/mol. The average molecular weight is 305 g/mol. The third kappa shape index (κ3) is 3.16. The minimum atomic E-state index is 0.119. The molecule has 1 aromatic rings. The van der Waals surface area contributed by atoms with Crippen molar-refractivity contribution >= 4 is 22.6 Å². The van der Waals surface area contributed by atoms with Crippen LogP contribution in [0.1, 0.15) is 26.5 Å². The van der Waals surface area contributed by atoms with Gasteiger partial charge in [0.1, 0.15) is 6.33 Å². The first-order chi connectivity index (χ1) is 6.41. The van der Waals surface area contributed by atoms with Crippen LogP contribution in [-0.4, -0.2) is 16.0 Å². The summed E-state index contributed by atoms with van der Waals surface area (Å²) in [5.74, 6) is 0. The standard InChI is InChI=1S/C10H16IN3/c1-10(2,3)9(12)4-8-7(11)5-13-6-14-8/h5-6,9H,4,12H2,1-3H3. The van der Waals surface area contributed by atoms with Gasteiger partial charge in [-0.25, -0.2) is 9.97 Å². The molecule has 1 atom stereocenters. The van der Waals surface area contributed by atoms with Gasteiger partial charge in [0.05, 0.1) is 9.26 Å². The normalized spacial score (nSPS) is 14.1. The molecule has 1 heterocycles. The highest BCUT2D eigenvalue weighted by Gasteiger charge is 2.21. The Hall–Kier alpha value is -0.230. The van der Waals surface area contributed by atoms with Gasteiger partial charge in [0.15, 0.2) is 0 Å². The number of aromatic nitrogens is 2. The number of halogens is 1. The van der Waals surface area contributed by atoms with Crippen molar-refractivity contribution in [2.75, 3.05) is 0 Å². The van der Waals surface area contributed by atoms with E-state index in [1.807, 2.05) is 6.20 Å². The maximum absolute atomic E-state index is 6.09. The Bertz CT molecular complexity index is 306. The molecule has 1 unspecified atom stereocenters. The van der Waals surface area contributed by atoms with E-state index in [9.17, 15) is 0 Å². The predicted octanol–water partition coefficient (Wildman–Crippen LogP) is 2.00. The number of hydrogen-bond donors (Lipinski definition) is 1. The largest absolute Gasteiger partial charge is 0.327 e. The molecule has 0 spiro atoms. The molecule has 0 saturated heterocycles. The van der Waals surface area contributed by atoms with Crippen molar-refractivity contribution in [1.82, 2.24) is 9.97 Å². The van der Waals surface area contributed by atoms with Gasteiger partial charge in [-0.15, -0.1) is 0 Å². The van der Waals surface area contributed by atoms with E-state index in [2.05, 4.69) is 53.3 Å². The summed E-state index contributed by atoms with van der Waals surface area (Å²) in [7, 11) is 0. The second-order valence-corrected chi connectivity index (χ2v) is 5.66. The molecule has 0 fully saturated rings. The molecule has 2 N–H and O–H groups in total. The molecule has 0 aromatic carbocycles. The van der Waals surface area contributed by atoms with Crippen LogP contribution >= 0.6 is 22.6 Å². The van der Waals surface area contributed by atoms with Crippen molar-refractivity contribution < 1.29 is 0 Å². The molecule has 0 amide bonds. The van der Waals surface area contributed by atoms with Gasteiger partial charge in [-0.3, -0.25) is 0 Å². The zero-order valence-corrected chi connectivity index (χ0v) is 10.9. The molecule has 0 aliphatic heterocycles. The molecule has 14 heavy (non-hydrogen) atoms. The topological polar surface area (TPSA) is 51.8 Å². The Balaban J connectivity index is 2.75. The number of nitrogens with two attached hydrogens (primary N) is 1. The molecule has 78 valence electrons. The summed E-state index contributed by atoms with van der Waals surface area (Å²) in [5.41, 5.74) is 7.25. The molecule has 4 heteroatoms. The lowest BCUT2D eigenvalue weighted by molar-refractivity contribution is 0.316. The van der Waals surface area contributed by atoms with Gasteiger partial charge in [0, 0.05) is 18.7 Å². The van der Waals surface area contributed by atoms with E-state index in [4.69, 9.17) is 5.73 Å². The van der Waals surface area contributed by atoms with E-state index in [0.717, 1.165) is 15.7 Å². The molecule has 0 aliphatic rings. The summed E-state index contributed by atoms with van der Waals surface area (Å²) in [6.07, 6.45) is 4.20. The van der Waals surface area contributed by atoms with Gasteiger partial charge in [-0.2, -0.15) is 0 Å². The van der Waals surface area contributed by atoms with E-state index in [1.165, 1.54) is 0 Å². The van der Waals surface area contributed by atoms with Crippen molar-refractivity contribution in [3.8, 4) is 0 Å². The van der Waals surface area contributed by atoms with Gasteiger partial charge in [-0.05, 0) is 28.0 Å². The Morgan fingerprint density at radius 1 is 1.50 bits per heavy atom. The van der Waals surface area contributed by atoms with Crippen molar-refractivity contribution in [3.05, 3.63) is 21.8 Å². The van der Waals surface area contributed by atoms with Gasteiger partial charge in [0.2, 0.25) is 0 Å². The molecule has 0 radical (unpaired) electrons. The lowest BCUT2D eigenvalue weighted by Gasteiger charge is -2.26. The third-order valence-corrected chi connectivity index (χ3v) is 3.17. The fourth-order valence-electron chi connectivity index (χ4n) is 1.00. The summed E-state index contributed by atoms with van der Waals surface area (Å²) >= 11 is 2.24. The highest BCUT2D eigenvalue weighted by atomic mass is 127. The quantitative estimate of drug-likeness (QED) is 0.850. The molecule has 3 nitrogen and oxygen atoms in total. The van der Waals surface area contributed by atoms with E-state index in [-0.39, 0.29) is 11.5 Å². The summed E-state index contributed by atoms with van der Waals surface area (Å²) in [6.45, 7) is 6.43. The predicted molar refractivity (Wildman–Crippen MR) is 65.9 cm³/mol. The highest BCUT2D eigenvalue weighted by molar-refractivity contribution is 14.1. The first-order valence-corrected chi connectivity index (χ1v) is 5.69. The zero-order valence-electron chi connectivity index (χ0n) is 8.79. The number of rotatable bonds is 2. The second-order valence-electron chi connectivity index (χ2n) is 4.49. The van der Waals surface area contributed by atoms with Crippen LogP contribution in [0, 0.1) is 8.99 Å². The fourth-order valence-corrected chi connectivity index (χ4v) is 1.52. The number of nitrogens with zero attached hydrogens (tertiary/aromatic N) is 2. The highest BCUT2D eigenvalue weighted by Crippen LogP contribution is 2.21. The van der Waals surface area contributed by atoms with Crippen LogP contribution < -0.4 is 5.73 Å². The SMILES string of the molecule is CC(C)(C)C(N)Cc1ncncc1I. The van der Waals surface area contributed by atoms with Crippen LogP contribution in [0.25, 0.3) is 0 Å². The molecule has 1 rings (SSSR count). The lowest BCUT2D eigenvalue weighted by atomic mass is 9.85. The van der Waals surface area contributed by atoms with Crippen LogP contribution in [0.4, 0.5) is 0 Å². The minimum Gasteiger partial charge on any atom is -0.327 e. The smallest absolute Gasteiger partial charge is 0.115 e. The van der Waals surface area contributed by atoms with Gasteiger partial charge >= 0.3 is 0 Å². The molecule has 1 aromatic heterocycles. The van der Waals surface area contributed by atoms with E-state index < -0.39 is 0 Å². The van der Waals surface area contributed by atoms with Gasteiger partial charge < -0.3 is 5.73 Å². The van der Waals surface area contributed by atoms with Crippen molar-refractivity contribution in [1.29, 1.82) is 0 Å². The van der Waals surface area contributed by atoms with Gasteiger partial charge in [0.25, 0.3) is 0 Å². The Morgan fingerprint density at radius 2 is 2.14 bits per heavy atom. The summed E-state index contributed by atoms with van der Waals surface area (Å²) in [6, 6.07) is 0.130.